The highest BCUT2D eigenvalue weighted by Gasteiger charge is 2.21. The van der Waals surface area contributed by atoms with Gasteiger partial charge in [-0.1, -0.05) is 17.3 Å². The van der Waals surface area contributed by atoms with Crippen LogP contribution in [0.5, 0.6) is 0 Å². The van der Waals surface area contributed by atoms with Gasteiger partial charge in [-0.15, -0.1) is 16.4 Å². The Morgan fingerprint density at radius 3 is 2.92 bits per heavy atom. The van der Waals surface area contributed by atoms with Crippen LogP contribution in [0.3, 0.4) is 0 Å². The number of thiophene rings is 1. The highest BCUT2D eigenvalue weighted by molar-refractivity contribution is 7.18. The number of nitrogens with zero attached hydrogens (tertiary/aromatic N) is 5. The van der Waals surface area contributed by atoms with Gasteiger partial charge in [-0.3, -0.25) is 14.2 Å². The molecule has 0 amide bonds. The SMILES string of the molecule is O=c1c2c3c(sc2ncn1Cn1nnc2ccccc2c1=O)CCC3. The zero-order valence-corrected chi connectivity index (χ0v) is 14.0. The second kappa shape index (κ2) is 5.32. The summed E-state index contributed by atoms with van der Waals surface area (Å²) < 4.78 is 2.63. The molecule has 0 unspecified atom stereocenters. The van der Waals surface area contributed by atoms with Crippen LogP contribution in [0, 0.1) is 0 Å². The van der Waals surface area contributed by atoms with Crippen molar-refractivity contribution in [2.24, 2.45) is 0 Å². The van der Waals surface area contributed by atoms with Crippen LogP contribution in [0.1, 0.15) is 16.9 Å². The molecule has 7 nitrogen and oxygen atoms in total. The summed E-state index contributed by atoms with van der Waals surface area (Å²) in [6, 6.07) is 7.03. The smallest absolute Gasteiger partial charge is 0.278 e. The van der Waals surface area contributed by atoms with E-state index >= 15 is 0 Å². The average Bonchev–Trinajstić information content (AvgIpc) is 3.20. The normalized spacial score (nSPS) is 13.6. The monoisotopic (exact) mass is 351 g/mol. The molecule has 0 spiro atoms. The van der Waals surface area contributed by atoms with Crippen molar-refractivity contribution in [3.63, 3.8) is 0 Å². The number of benzene rings is 1. The lowest BCUT2D eigenvalue weighted by Gasteiger charge is -2.07. The molecule has 0 radical (unpaired) electrons. The molecule has 25 heavy (non-hydrogen) atoms. The Hall–Kier alpha value is -2.87. The van der Waals surface area contributed by atoms with Crippen molar-refractivity contribution < 1.29 is 0 Å². The van der Waals surface area contributed by atoms with E-state index in [1.54, 1.807) is 35.6 Å². The van der Waals surface area contributed by atoms with Crippen molar-refractivity contribution in [1.82, 2.24) is 24.5 Å². The lowest BCUT2D eigenvalue weighted by molar-refractivity contribution is 0.487. The number of rotatable bonds is 2. The van der Waals surface area contributed by atoms with E-state index < -0.39 is 0 Å². The number of aryl methyl sites for hydroxylation is 2. The van der Waals surface area contributed by atoms with Crippen LogP contribution in [0.15, 0.2) is 40.2 Å². The fourth-order valence-electron chi connectivity index (χ4n) is 3.38. The standard InChI is InChI=1S/C17H13N5O2S/c23-16-10-4-1-2-6-12(10)19-20-22(16)9-21-8-18-15-14(17(21)24)11-5-3-7-13(11)25-15/h1-2,4,6,8H,3,5,7,9H2. The zero-order chi connectivity index (χ0) is 17.0. The summed E-state index contributed by atoms with van der Waals surface area (Å²) in [5.74, 6) is 0. The van der Waals surface area contributed by atoms with E-state index in [9.17, 15) is 9.59 Å². The first-order valence-corrected chi connectivity index (χ1v) is 8.86. The van der Waals surface area contributed by atoms with Crippen molar-refractivity contribution >= 4 is 32.5 Å². The Morgan fingerprint density at radius 2 is 2.00 bits per heavy atom. The van der Waals surface area contributed by atoms with Crippen molar-refractivity contribution in [2.45, 2.75) is 25.9 Å². The molecule has 124 valence electrons. The van der Waals surface area contributed by atoms with E-state index in [1.807, 2.05) is 0 Å². The second-order valence-electron chi connectivity index (χ2n) is 6.11. The van der Waals surface area contributed by atoms with Gasteiger partial charge >= 0.3 is 0 Å². The Morgan fingerprint density at radius 1 is 1.12 bits per heavy atom. The van der Waals surface area contributed by atoms with Crippen LogP contribution in [0.4, 0.5) is 0 Å². The fraction of sp³-hybridized carbons (Fsp3) is 0.235. The second-order valence-corrected chi connectivity index (χ2v) is 7.19. The van der Waals surface area contributed by atoms with Gasteiger partial charge in [0.1, 0.15) is 23.3 Å². The topological polar surface area (TPSA) is 82.7 Å². The molecule has 0 N–H and O–H groups in total. The maximum atomic E-state index is 12.9. The predicted octanol–water partition coefficient (Wildman–Crippen LogP) is 1.56. The minimum Gasteiger partial charge on any atom is -0.278 e. The van der Waals surface area contributed by atoms with Crippen LogP contribution in [0.25, 0.3) is 21.1 Å². The largest absolute Gasteiger partial charge is 0.279 e. The van der Waals surface area contributed by atoms with Gasteiger partial charge in [0.2, 0.25) is 0 Å². The van der Waals surface area contributed by atoms with Crippen LogP contribution in [-0.4, -0.2) is 24.5 Å². The van der Waals surface area contributed by atoms with E-state index in [0.717, 1.165) is 29.7 Å². The van der Waals surface area contributed by atoms with E-state index in [0.29, 0.717) is 16.3 Å². The minimum absolute atomic E-state index is 0.00304. The van der Waals surface area contributed by atoms with Crippen molar-refractivity contribution in [3.8, 4) is 0 Å². The maximum absolute atomic E-state index is 12.9. The lowest BCUT2D eigenvalue weighted by atomic mass is 10.2. The zero-order valence-electron chi connectivity index (χ0n) is 13.2. The molecule has 1 aliphatic carbocycles. The highest BCUT2D eigenvalue weighted by Crippen LogP contribution is 2.34. The van der Waals surface area contributed by atoms with Gasteiger partial charge in [-0.05, 0) is 37.0 Å². The molecule has 0 atom stereocenters. The third-order valence-electron chi connectivity index (χ3n) is 4.61. The first-order valence-electron chi connectivity index (χ1n) is 8.04. The number of aromatic nitrogens is 5. The summed E-state index contributed by atoms with van der Waals surface area (Å²) in [5, 5.41) is 9.19. The fourth-order valence-corrected chi connectivity index (χ4v) is 4.60. The summed E-state index contributed by atoms with van der Waals surface area (Å²) in [4.78, 5) is 31.9. The maximum Gasteiger partial charge on any atom is 0.279 e. The van der Waals surface area contributed by atoms with E-state index in [-0.39, 0.29) is 17.8 Å². The third-order valence-corrected chi connectivity index (χ3v) is 5.81. The Labute approximate surface area is 145 Å². The summed E-state index contributed by atoms with van der Waals surface area (Å²) in [7, 11) is 0. The Bertz CT molecular complexity index is 1250. The summed E-state index contributed by atoms with van der Waals surface area (Å²) in [5.41, 5.74) is 1.28. The number of hydrogen-bond acceptors (Lipinski definition) is 6. The van der Waals surface area contributed by atoms with Gasteiger partial charge in [0.15, 0.2) is 0 Å². The van der Waals surface area contributed by atoms with Gasteiger partial charge in [-0.25, -0.2) is 4.98 Å². The molecule has 5 rings (SSSR count). The van der Waals surface area contributed by atoms with Crippen LogP contribution in [-0.2, 0) is 19.5 Å². The number of fused-ring (bicyclic) bond motifs is 4. The molecule has 8 heteroatoms. The first-order chi connectivity index (χ1) is 12.2. The molecular formula is C17H13N5O2S. The first kappa shape index (κ1) is 14.5. The molecule has 1 aliphatic rings. The third kappa shape index (κ3) is 2.14. The quantitative estimate of drug-likeness (QED) is 0.547. The molecule has 4 aromatic rings. The molecule has 3 heterocycles. The van der Waals surface area contributed by atoms with Crippen LogP contribution >= 0.6 is 11.3 Å². The minimum atomic E-state index is -0.270. The van der Waals surface area contributed by atoms with Crippen molar-refractivity contribution in [2.75, 3.05) is 0 Å². The van der Waals surface area contributed by atoms with Gasteiger partial charge in [0.05, 0.1) is 10.8 Å². The summed E-state index contributed by atoms with van der Waals surface area (Å²) in [6.45, 7) is 0.00304. The molecule has 3 aromatic heterocycles. The van der Waals surface area contributed by atoms with Crippen LogP contribution in [0.2, 0.25) is 0 Å². The van der Waals surface area contributed by atoms with Gasteiger partial charge in [0.25, 0.3) is 11.1 Å². The van der Waals surface area contributed by atoms with Gasteiger partial charge < -0.3 is 0 Å². The Kier molecular flexibility index (Phi) is 3.08. The molecule has 0 bridgehead atoms. The highest BCUT2D eigenvalue weighted by atomic mass is 32.1. The van der Waals surface area contributed by atoms with Crippen molar-refractivity contribution in [3.05, 3.63) is 61.7 Å². The number of hydrogen-bond donors (Lipinski definition) is 0. The Balaban J connectivity index is 1.65. The molecule has 0 aliphatic heterocycles. The predicted molar refractivity (Wildman–Crippen MR) is 95.1 cm³/mol. The molecular weight excluding hydrogens is 338 g/mol. The summed E-state index contributed by atoms with van der Waals surface area (Å²) >= 11 is 1.60. The van der Waals surface area contributed by atoms with Crippen LogP contribution < -0.4 is 11.1 Å². The van der Waals surface area contributed by atoms with Crippen molar-refractivity contribution in [1.29, 1.82) is 0 Å². The van der Waals surface area contributed by atoms with Gasteiger partial charge in [-0.2, -0.15) is 4.68 Å². The average molecular weight is 351 g/mol. The van der Waals surface area contributed by atoms with Gasteiger partial charge in [0, 0.05) is 4.88 Å². The molecule has 0 fully saturated rings. The molecule has 0 saturated carbocycles. The molecule has 0 saturated heterocycles. The van der Waals surface area contributed by atoms with E-state index in [4.69, 9.17) is 0 Å². The van der Waals surface area contributed by atoms with E-state index in [1.165, 1.54) is 20.5 Å². The summed E-state index contributed by atoms with van der Waals surface area (Å²) in [6.07, 6.45) is 4.51. The lowest BCUT2D eigenvalue weighted by Crippen LogP contribution is -2.32. The molecule has 1 aromatic carbocycles. The van der Waals surface area contributed by atoms with E-state index in [2.05, 4.69) is 15.3 Å².